The SMILES string of the molecule is Cc1noc(C)c1CCC(=O)N(C)[C@H]1CCCc2ccccc21. The summed E-state index contributed by atoms with van der Waals surface area (Å²) in [4.78, 5) is 14.6. The number of rotatable bonds is 4. The van der Waals surface area contributed by atoms with Crippen LogP contribution in [-0.2, 0) is 17.6 Å². The van der Waals surface area contributed by atoms with Crippen LogP contribution in [0.25, 0.3) is 0 Å². The molecule has 0 saturated heterocycles. The summed E-state index contributed by atoms with van der Waals surface area (Å²) in [5.74, 6) is 1.01. The lowest BCUT2D eigenvalue weighted by Crippen LogP contribution is -2.33. The van der Waals surface area contributed by atoms with E-state index >= 15 is 0 Å². The fourth-order valence-electron chi connectivity index (χ4n) is 3.57. The number of hydrogen-bond acceptors (Lipinski definition) is 3. The van der Waals surface area contributed by atoms with Crippen molar-refractivity contribution in [3.8, 4) is 0 Å². The highest BCUT2D eigenvalue weighted by molar-refractivity contribution is 5.77. The molecule has 0 N–H and O–H groups in total. The second-order valence-corrected chi connectivity index (χ2v) is 6.41. The van der Waals surface area contributed by atoms with Gasteiger partial charge in [0.15, 0.2) is 0 Å². The molecule has 0 spiro atoms. The molecule has 2 aromatic rings. The normalized spacial score (nSPS) is 16.9. The molecule has 0 unspecified atom stereocenters. The lowest BCUT2D eigenvalue weighted by molar-refractivity contribution is -0.132. The van der Waals surface area contributed by atoms with E-state index in [9.17, 15) is 4.79 Å². The highest BCUT2D eigenvalue weighted by Gasteiger charge is 2.26. The molecule has 4 heteroatoms. The van der Waals surface area contributed by atoms with Crippen LogP contribution in [0.15, 0.2) is 28.8 Å². The molecular weight excluding hydrogens is 288 g/mol. The maximum absolute atomic E-state index is 12.6. The van der Waals surface area contributed by atoms with Gasteiger partial charge in [-0.3, -0.25) is 4.79 Å². The molecule has 0 saturated carbocycles. The predicted octanol–water partition coefficient (Wildman–Crippen LogP) is 3.76. The molecule has 23 heavy (non-hydrogen) atoms. The van der Waals surface area contributed by atoms with Crippen molar-refractivity contribution in [1.82, 2.24) is 10.1 Å². The van der Waals surface area contributed by atoms with Gasteiger partial charge in [0.2, 0.25) is 5.91 Å². The molecule has 1 heterocycles. The van der Waals surface area contributed by atoms with Crippen LogP contribution in [0.5, 0.6) is 0 Å². The van der Waals surface area contributed by atoms with E-state index in [1.807, 2.05) is 25.8 Å². The van der Waals surface area contributed by atoms with Gasteiger partial charge in [0.05, 0.1) is 11.7 Å². The van der Waals surface area contributed by atoms with Gasteiger partial charge in [-0.1, -0.05) is 29.4 Å². The van der Waals surface area contributed by atoms with Gasteiger partial charge >= 0.3 is 0 Å². The van der Waals surface area contributed by atoms with Crippen molar-refractivity contribution < 1.29 is 9.32 Å². The molecule has 1 aromatic heterocycles. The van der Waals surface area contributed by atoms with Crippen molar-refractivity contribution in [3.05, 3.63) is 52.4 Å². The summed E-state index contributed by atoms with van der Waals surface area (Å²) in [6.07, 6.45) is 4.50. The Kier molecular flexibility index (Phi) is 4.51. The summed E-state index contributed by atoms with van der Waals surface area (Å²) >= 11 is 0. The maximum atomic E-state index is 12.6. The van der Waals surface area contributed by atoms with Gasteiger partial charge in [0.1, 0.15) is 5.76 Å². The summed E-state index contributed by atoms with van der Waals surface area (Å²) in [7, 11) is 1.93. The van der Waals surface area contributed by atoms with Crippen LogP contribution >= 0.6 is 0 Å². The van der Waals surface area contributed by atoms with Crippen LogP contribution in [0.4, 0.5) is 0 Å². The summed E-state index contributed by atoms with van der Waals surface area (Å²) in [6, 6.07) is 8.71. The van der Waals surface area contributed by atoms with E-state index in [0.717, 1.165) is 36.3 Å². The predicted molar refractivity (Wildman–Crippen MR) is 89.2 cm³/mol. The first-order chi connectivity index (χ1) is 11.1. The van der Waals surface area contributed by atoms with Crippen molar-refractivity contribution in [2.75, 3.05) is 7.05 Å². The first kappa shape index (κ1) is 15.8. The number of hydrogen-bond donors (Lipinski definition) is 0. The Balaban J connectivity index is 1.69. The van der Waals surface area contributed by atoms with Crippen LogP contribution in [0.1, 0.15) is 53.4 Å². The van der Waals surface area contributed by atoms with Crippen molar-refractivity contribution in [3.63, 3.8) is 0 Å². The van der Waals surface area contributed by atoms with Gasteiger partial charge in [-0.25, -0.2) is 0 Å². The zero-order chi connectivity index (χ0) is 16.4. The fourth-order valence-corrected chi connectivity index (χ4v) is 3.57. The van der Waals surface area contributed by atoms with Gasteiger partial charge in [0.25, 0.3) is 0 Å². The van der Waals surface area contributed by atoms with E-state index in [4.69, 9.17) is 4.52 Å². The molecule has 1 atom stereocenters. The number of fused-ring (bicyclic) bond motifs is 1. The number of carbonyl (C=O) groups excluding carboxylic acids is 1. The standard InChI is InChI=1S/C19H24N2O2/c1-13-16(14(2)23-20-13)11-12-19(22)21(3)18-10-6-8-15-7-4-5-9-17(15)18/h4-5,7,9,18H,6,8,10-12H2,1-3H3/t18-/m0/s1. The molecule has 0 bridgehead atoms. The Morgan fingerprint density at radius 2 is 2.13 bits per heavy atom. The minimum absolute atomic E-state index is 0.187. The Labute approximate surface area is 137 Å². The van der Waals surface area contributed by atoms with Crippen LogP contribution < -0.4 is 0 Å². The van der Waals surface area contributed by atoms with Crippen molar-refractivity contribution >= 4 is 5.91 Å². The molecule has 1 aromatic carbocycles. The lowest BCUT2D eigenvalue weighted by Gasteiger charge is -2.33. The summed E-state index contributed by atoms with van der Waals surface area (Å²) < 4.78 is 5.18. The Morgan fingerprint density at radius 1 is 1.35 bits per heavy atom. The first-order valence-corrected chi connectivity index (χ1v) is 8.33. The van der Waals surface area contributed by atoms with Gasteiger partial charge in [-0.05, 0) is 50.7 Å². The number of benzene rings is 1. The Morgan fingerprint density at radius 3 is 2.87 bits per heavy atom. The lowest BCUT2D eigenvalue weighted by atomic mass is 9.87. The van der Waals surface area contributed by atoms with E-state index in [1.165, 1.54) is 11.1 Å². The monoisotopic (exact) mass is 312 g/mol. The molecule has 0 radical (unpaired) electrons. The summed E-state index contributed by atoms with van der Waals surface area (Å²) in [5, 5.41) is 3.96. The minimum Gasteiger partial charge on any atom is -0.361 e. The quantitative estimate of drug-likeness (QED) is 0.863. The number of amides is 1. The number of nitrogens with zero attached hydrogens (tertiary/aromatic N) is 2. The first-order valence-electron chi connectivity index (χ1n) is 8.33. The topological polar surface area (TPSA) is 46.3 Å². The van der Waals surface area contributed by atoms with Crippen molar-refractivity contribution in [2.45, 2.75) is 52.0 Å². The number of carbonyl (C=O) groups is 1. The minimum atomic E-state index is 0.187. The Bertz CT molecular complexity index is 686. The third kappa shape index (κ3) is 3.16. The maximum Gasteiger partial charge on any atom is 0.223 e. The smallest absolute Gasteiger partial charge is 0.223 e. The molecule has 4 nitrogen and oxygen atoms in total. The third-order valence-corrected chi connectivity index (χ3v) is 4.97. The van der Waals surface area contributed by atoms with Gasteiger partial charge < -0.3 is 9.42 Å². The largest absolute Gasteiger partial charge is 0.361 e. The second-order valence-electron chi connectivity index (χ2n) is 6.41. The van der Waals surface area contributed by atoms with Gasteiger partial charge in [-0.15, -0.1) is 0 Å². The molecule has 0 fully saturated rings. The fraction of sp³-hybridized carbons (Fsp3) is 0.474. The molecule has 1 aliphatic carbocycles. The van der Waals surface area contributed by atoms with E-state index in [-0.39, 0.29) is 11.9 Å². The van der Waals surface area contributed by atoms with E-state index in [0.29, 0.717) is 12.8 Å². The Hall–Kier alpha value is -2.10. The van der Waals surface area contributed by atoms with Gasteiger partial charge in [-0.2, -0.15) is 0 Å². The van der Waals surface area contributed by atoms with Crippen LogP contribution in [0.2, 0.25) is 0 Å². The molecule has 0 aliphatic heterocycles. The number of aromatic nitrogens is 1. The second kappa shape index (κ2) is 6.57. The van der Waals surface area contributed by atoms with Crippen LogP contribution in [0, 0.1) is 13.8 Å². The molecule has 1 aliphatic rings. The molecular formula is C19H24N2O2. The highest BCUT2D eigenvalue weighted by atomic mass is 16.5. The molecule has 3 rings (SSSR count). The molecule has 122 valence electrons. The van der Waals surface area contributed by atoms with E-state index in [1.54, 1.807) is 0 Å². The van der Waals surface area contributed by atoms with Crippen molar-refractivity contribution in [1.29, 1.82) is 0 Å². The van der Waals surface area contributed by atoms with Crippen LogP contribution in [-0.4, -0.2) is 23.0 Å². The average molecular weight is 312 g/mol. The number of aryl methyl sites for hydroxylation is 3. The summed E-state index contributed by atoms with van der Waals surface area (Å²) in [5.41, 5.74) is 4.65. The molecule has 1 amide bonds. The average Bonchev–Trinajstić information content (AvgIpc) is 2.89. The van der Waals surface area contributed by atoms with Crippen LogP contribution in [0.3, 0.4) is 0 Å². The highest BCUT2D eigenvalue weighted by Crippen LogP contribution is 2.33. The van der Waals surface area contributed by atoms with Gasteiger partial charge in [0, 0.05) is 19.0 Å². The zero-order valence-corrected chi connectivity index (χ0v) is 14.1. The zero-order valence-electron chi connectivity index (χ0n) is 14.1. The van der Waals surface area contributed by atoms with E-state index < -0.39 is 0 Å². The van der Waals surface area contributed by atoms with E-state index in [2.05, 4.69) is 29.4 Å². The van der Waals surface area contributed by atoms with Crippen molar-refractivity contribution in [2.24, 2.45) is 0 Å². The summed E-state index contributed by atoms with van der Waals surface area (Å²) in [6.45, 7) is 3.83. The third-order valence-electron chi connectivity index (χ3n) is 4.97.